The molecule has 0 radical (unpaired) electrons. The molecule has 1 atom stereocenters. The van der Waals surface area contributed by atoms with E-state index in [1.165, 1.54) is 0 Å². The van der Waals surface area contributed by atoms with Gasteiger partial charge in [0.05, 0.1) is 5.41 Å². The average Bonchev–Trinajstić information content (AvgIpc) is 2.62. The first-order chi connectivity index (χ1) is 7.51. The van der Waals surface area contributed by atoms with Crippen LogP contribution < -0.4 is 4.90 Å². The number of nitrogens with zero attached hydrogens (tertiary/aromatic N) is 2. The van der Waals surface area contributed by atoms with E-state index >= 15 is 0 Å². The standard InChI is InChI=1S/C11H13BrN2O2/c1-11(10(15)16)3-5-14(7-11)9-6-8(12)2-4-13-9/h2,4,6H,3,5,7H2,1H3,(H,15,16). The molecule has 1 unspecified atom stereocenters. The first-order valence-electron chi connectivity index (χ1n) is 5.11. The first kappa shape index (κ1) is 11.4. The Morgan fingerprint density at radius 2 is 2.44 bits per heavy atom. The predicted octanol–water partition coefficient (Wildman–Crippen LogP) is 2.15. The molecule has 2 heterocycles. The summed E-state index contributed by atoms with van der Waals surface area (Å²) in [6.07, 6.45) is 2.38. The first-order valence-corrected chi connectivity index (χ1v) is 5.90. The van der Waals surface area contributed by atoms with Gasteiger partial charge >= 0.3 is 5.97 Å². The maximum atomic E-state index is 11.1. The van der Waals surface area contributed by atoms with Crippen molar-refractivity contribution in [3.63, 3.8) is 0 Å². The van der Waals surface area contributed by atoms with Gasteiger partial charge in [-0.25, -0.2) is 4.98 Å². The summed E-state index contributed by atoms with van der Waals surface area (Å²) < 4.78 is 0.960. The Kier molecular flexibility index (Phi) is 2.88. The van der Waals surface area contributed by atoms with Crippen molar-refractivity contribution in [1.29, 1.82) is 0 Å². The highest BCUT2D eigenvalue weighted by molar-refractivity contribution is 9.10. The van der Waals surface area contributed by atoms with Crippen molar-refractivity contribution in [1.82, 2.24) is 4.98 Å². The van der Waals surface area contributed by atoms with Gasteiger partial charge in [0, 0.05) is 23.8 Å². The van der Waals surface area contributed by atoms with Gasteiger partial charge in [-0.2, -0.15) is 0 Å². The van der Waals surface area contributed by atoms with Crippen LogP contribution in [0.3, 0.4) is 0 Å². The highest BCUT2D eigenvalue weighted by Gasteiger charge is 2.40. The minimum Gasteiger partial charge on any atom is -0.481 e. The van der Waals surface area contributed by atoms with Crippen molar-refractivity contribution >= 4 is 27.7 Å². The van der Waals surface area contributed by atoms with Crippen LogP contribution in [-0.4, -0.2) is 29.1 Å². The summed E-state index contributed by atoms with van der Waals surface area (Å²) in [5.74, 6) is 0.101. The van der Waals surface area contributed by atoms with Crippen LogP contribution in [0, 0.1) is 5.41 Å². The van der Waals surface area contributed by atoms with Crippen molar-refractivity contribution < 1.29 is 9.90 Å². The van der Waals surface area contributed by atoms with E-state index in [0.717, 1.165) is 16.8 Å². The third-order valence-electron chi connectivity index (χ3n) is 3.02. The van der Waals surface area contributed by atoms with E-state index < -0.39 is 11.4 Å². The molecule has 2 rings (SSSR count). The molecule has 86 valence electrons. The fraction of sp³-hybridized carbons (Fsp3) is 0.455. The van der Waals surface area contributed by atoms with E-state index in [1.54, 1.807) is 13.1 Å². The maximum absolute atomic E-state index is 11.1. The fourth-order valence-electron chi connectivity index (χ4n) is 1.90. The number of hydrogen-bond donors (Lipinski definition) is 1. The molecule has 1 aromatic heterocycles. The number of carboxylic acid groups (broad SMARTS) is 1. The summed E-state index contributed by atoms with van der Waals surface area (Å²) in [6.45, 7) is 3.05. The van der Waals surface area contributed by atoms with E-state index in [1.807, 2.05) is 17.0 Å². The molecule has 1 aliphatic rings. The smallest absolute Gasteiger partial charge is 0.311 e. The number of anilines is 1. The minimum atomic E-state index is -0.731. The Bertz CT molecular complexity index is 424. The van der Waals surface area contributed by atoms with Gasteiger partial charge in [0.25, 0.3) is 0 Å². The van der Waals surface area contributed by atoms with Crippen LogP contribution >= 0.6 is 15.9 Å². The topological polar surface area (TPSA) is 53.4 Å². The largest absolute Gasteiger partial charge is 0.481 e. The molecule has 0 amide bonds. The van der Waals surface area contributed by atoms with Crippen molar-refractivity contribution in [2.24, 2.45) is 5.41 Å². The van der Waals surface area contributed by atoms with Crippen LogP contribution in [0.5, 0.6) is 0 Å². The lowest BCUT2D eigenvalue weighted by molar-refractivity contribution is -0.146. The molecule has 0 aromatic carbocycles. The van der Waals surface area contributed by atoms with E-state index in [4.69, 9.17) is 5.11 Å². The van der Waals surface area contributed by atoms with Crippen LogP contribution in [-0.2, 0) is 4.79 Å². The molecule has 0 saturated carbocycles. The molecule has 1 saturated heterocycles. The Balaban J connectivity index is 2.18. The Hall–Kier alpha value is -1.10. The number of hydrogen-bond acceptors (Lipinski definition) is 3. The third kappa shape index (κ3) is 2.04. The molecule has 1 aromatic rings. The van der Waals surface area contributed by atoms with Gasteiger partial charge in [-0.05, 0) is 25.5 Å². The SMILES string of the molecule is CC1(C(=O)O)CCN(c2cc(Br)ccn2)C1. The fourth-order valence-corrected chi connectivity index (χ4v) is 2.22. The van der Waals surface area contributed by atoms with E-state index in [9.17, 15) is 4.79 Å². The second kappa shape index (κ2) is 4.05. The van der Waals surface area contributed by atoms with Gasteiger partial charge in [0.1, 0.15) is 5.82 Å². The summed E-state index contributed by atoms with van der Waals surface area (Å²) in [5, 5.41) is 9.14. The Labute approximate surface area is 102 Å². The van der Waals surface area contributed by atoms with E-state index in [-0.39, 0.29) is 0 Å². The number of aliphatic carboxylic acids is 1. The van der Waals surface area contributed by atoms with Crippen molar-refractivity contribution in [3.05, 3.63) is 22.8 Å². The molecule has 16 heavy (non-hydrogen) atoms. The Morgan fingerprint density at radius 1 is 1.69 bits per heavy atom. The minimum absolute atomic E-state index is 0.520. The predicted molar refractivity (Wildman–Crippen MR) is 64.5 cm³/mol. The van der Waals surface area contributed by atoms with Crippen LogP contribution in [0.15, 0.2) is 22.8 Å². The number of halogens is 1. The molecule has 0 bridgehead atoms. The maximum Gasteiger partial charge on any atom is 0.311 e. The molecular formula is C11H13BrN2O2. The molecule has 0 aliphatic carbocycles. The van der Waals surface area contributed by atoms with Gasteiger partial charge in [-0.3, -0.25) is 4.79 Å². The second-order valence-corrected chi connectivity index (χ2v) is 5.29. The number of aromatic nitrogens is 1. The lowest BCUT2D eigenvalue weighted by Gasteiger charge is -2.20. The molecule has 1 aliphatic heterocycles. The van der Waals surface area contributed by atoms with E-state index in [0.29, 0.717) is 13.0 Å². The van der Waals surface area contributed by atoms with Crippen molar-refractivity contribution in [2.45, 2.75) is 13.3 Å². The summed E-state index contributed by atoms with van der Waals surface area (Å²) in [6, 6.07) is 3.77. The van der Waals surface area contributed by atoms with E-state index in [2.05, 4.69) is 20.9 Å². The number of carbonyl (C=O) groups is 1. The molecule has 1 N–H and O–H groups in total. The molecular weight excluding hydrogens is 272 g/mol. The molecule has 5 heteroatoms. The van der Waals surface area contributed by atoms with Crippen molar-refractivity contribution in [3.8, 4) is 0 Å². The number of pyridine rings is 1. The molecule has 0 spiro atoms. The zero-order valence-corrected chi connectivity index (χ0v) is 10.6. The lowest BCUT2D eigenvalue weighted by atomic mass is 9.90. The highest BCUT2D eigenvalue weighted by Crippen LogP contribution is 2.33. The zero-order valence-electron chi connectivity index (χ0n) is 8.98. The summed E-state index contributed by atoms with van der Waals surface area (Å²) in [5.41, 5.74) is -0.649. The van der Waals surface area contributed by atoms with Crippen LogP contribution in [0.4, 0.5) is 5.82 Å². The van der Waals surface area contributed by atoms with Gasteiger partial charge in [-0.15, -0.1) is 0 Å². The third-order valence-corrected chi connectivity index (χ3v) is 3.51. The summed E-state index contributed by atoms with van der Waals surface area (Å²) in [4.78, 5) is 17.4. The normalized spacial score (nSPS) is 24.8. The van der Waals surface area contributed by atoms with Gasteiger partial charge < -0.3 is 10.0 Å². The zero-order chi connectivity index (χ0) is 11.8. The summed E-state index contributed by atoms with van der Waals surface area (Å²) >= 11 is 3.38. The molecule has 1 fully saturated rings. The van der Waals surface area contributed by atoms with Crippen LogP contribution in [0.25, 0.3) is 0 Å². The number of carboxylic acids is 1. The van der Waals surface area contributed by atoms with Crippen molar-refractivity contribution in [2.75, 3.05) is 18.0 Å². The van der Waals surface area contributed by atoms with Crippen LogP contribution in [0.1, 0.15) is 13.3 Å². The molecule has 4 nitrogen and oxygen atoms in total. The van der Waals surface area contributed by atoms with Crippen LogP contribution in [0.2, 0.25) is 0 Å². The monoisotopic (exact) mass is 284 g/mol. The lowest BCUT2D eigenvalue weighted by Crippen LogP contribution is -2.31. The highest BCUT2D eigenvalue weighted by atomic mass is 79.9. The van der Waals surface area contributed by atoms with Gasteiger partial charge in [-0.1, -0.05) is 15.9 Å². The van der Waals surface area contributed by atoms with Gasteiger partial charge in [0.2, 0.25) is 0 Å². The summed E-state index contributed by atoms with van der Waals surface area (Å²) in [7, 11) is 0. The van der Waals surface area contributed by atoms with Gasteiger partial charge in [0.15, 0.2) is 0 Å². The number of rotatable bonds is 2. The second-order valence-electron chi connectivity index (χ2n) is 4.37. The Morgan fingerprint density at radius 3 is 3.00 bits per heavy atom. The average molecular weight is 285 g/mol. The quantitative estimate of drug-likeness (QED) is 0.904.